The summed E-state index contributed by atoms with van der Waals surface area (Å²) in [5, 5.41) is 2.49. The molecule has 5 rings (SSSR count). The minimum absolute atomic E-state index is 0.0753. The number of carbonyl (C=O) groups excluding carboxylic acids is 4. The number of likely N-dealkylation sites (tertiary alicyclic amines) is 1. The summed E-state index contributed by atoms with van der Waals surface area (Å²) < 4.78 is 0. The average molecular weight is 401 g/mol. The third-order valence-electron chi connectivity index (χ3n) is 8.75. The summed E-state index contributed by atoms with van der Waals surface area (Å²) in [4.78, 5) is 52.1. The highest BCUT2D eigenvalue weighted by Gasteiger charge is 2.54. The van der Waals surface area contributed by atoms with Crippen molar-refractivity contribution < 1.29 is 19.2 Å². The van der Waals surface area contributed by atoms with Crippen molar-refractivity contribution in [3.8, 4) is 0 Å². The van der Waals surface area contributed by atoms with Gasteiger partial charge in [0.25, 0.3) is 0 Å². The van der Waals surface area contributed by atoms with Gasteiger partial charge in [0, 0.05) is 12.0 Å². The molecule has 0 bridgehead atoms. The molecule has 8 unspecified atom stereocenters. The van der Waals surface area contributed by atoms with Crippen LogP contribution < -0.4 is 5.32 Å². The van der Waals surface area contributed by atoms with Crippen molar-refractivity contribution >= 4 is 23.6 Å². The second-order valence-electron chi connectivity index (χ2n) is 10.4. The molecular formula is C23H32N2O4. The molecule has 6 nitrogen and oxygen atoms in total. The van der Waals surface area contributed by atoms with E-state index in [2.05, 4.69) is 12.2 Å². The molecular weight excluding hydrogens is 368 g/mol. The Morgan fingerprint density at radius 1 is 0.690 bits per heavy atom. The van der Waals surface area contributed by atoms with Crippen LogP contribution in [0.4, 0.5) is 0 Å². The Labute approximate surface area is 172 Å². The maximum absolute atomic E-state index is 13.3. The summed E-state index contributed by atoms with van der Waals surface area (Å²) in [6.07, 6.45) is 9.25. The molecule has 0 aromatic heterocycles. The Kier molecular flexibility index (Phi) is 4.78. The summed E-state index contributed by atoms with van der Waals surface area (Å²) in [5.74, 6) is 0.712. The zero-order chi connectivity index (χ0) is 20.3. The minimum Gasteiger partial charge on any atom is -0.296 e. The lowest BCUT2D eigenvalue weighted by atomic mass is 9.64. The van der Waals surface area contributed by atoms with Gasteiger partial charge in [0.1, 0.15) is 0 Å². The van der Waals surface area contributed by atoms with E-state index in [0.717, 1.165) is 57.8 Å². The van der Waals surface area contributed by atoms with Crippen molar-refractivity contribution in [2.75, 3.05) is 0 Å². The molecule has 2 heterocycles. The summed E-state index contributed by atoms with van der Waals surface area (Å²) >= 11 is 0. The normalized spacial score (nSPS) is 45.2. The van der Waals surface area contributed by atoms with Gasteiger partial charge in [0.05, 0.1) is 17.8 Å². The van der Waals surface area contributed by atoms with Gasteiger partial charge in [0.15, 0.2) is 0 Å². The smallest absolute Gasteiger partial charge is 0.233 e. The van der Waals surface area contributed by atoms with Gasteiger partial charge in [-0.05, 0) is 69.1 Å². The maximum atomic E-state index is 13.3. The predicted octanol–water partition coefficient (Wildman–Crippen LogP) is 2.66. The van der Waals surface area contributed by atoms with E-state index in [-0.39, 0.29) is 53.3 Å². The Balaban J connectivity index is 1.27. The molecule has 0 radical (unpaired) electrons. The zero-order valence-corrected chi connectivity index (χ0v) is 17.3. The number of hydrogen-bond acceptors (Lipinski definition) is 4. The first-order valence-corrected chi connectivity index (χ1v) is 11.7. The van der Waals surface area contributed by atoms with Crippen molar-refractivity contribution in [3.63, 3.8) is 0 Å². The van der Waals surface area contributed by atoms with Crippen molar-refractivity contribution in [2.45, 2.75) is 77.2 Å². The van der Waals surface area contributed by atoms with Crippen LogP contribution in [0.3, 0.4) is 0 Å². The van der Waals surface area contributed by atoms with Crippen molar-refractivity contribution in [1.82, 2.24) is 10.2 Å². The number of amides is 4. The lowest BCUT2D eigenvalue weighted by Gasteiger charge is -2.38. The van der Waals surface area contributed by atoms with Gasteiger partial charge in [-0.15, -0.1) is 0 Å². The number of nitrogens with zero attached hydrogens (tertiary/aromatic N) is 1. The van der Waals surface area contributed by atoms with E-state index in [1.54, 1.807) is 4.90 Å². The van der Waals surface area contributed by atoms with E-state index in [9.17, 15) is 19.2 Å². The van der Waals surface area contributed by atoms with Crippen LogP contribution >= 0.6 is 0 Å². The molecule has 29 heavy (non-hydrogen) atoms. The molecule has 1 N–H and O–H groups in total. The number of carbonyl (C=O) groups is 4. The Hall–Kier alpha value is -1.72. The second-order valence-corrected chi connectivity index (χ2v) is 10.4. The van der Waals surface area contributed by atoms with E-state index in [4.69, 9.17) is 0 Å². The van der Waals surface area contributed by atoms with Gasteiger partial charge in [-0.25, -0.2) is 0 Å². The van der Waals surface area contributed by atoms with Crippen molar-refractivity contribution in [3.05, 3.63) is 0 Å². The SMILES string of the molecule is CC1CCCC(N2C(=O)C3CCC(C4CCC5C(=O)NC(=O)C5C4)CC3C2=O)C1. The zero-order valence-electron chi connectivity index (χ0n) is 17.3. The Morgan fingerprint density at radius 2 is 1.31 bits per heavy atom. The third kappa shape index (κ3) is 3.14. The highest BCUT2D eigenvalue weighted by molar-refractivity contribution is 6.06. The highest BCUT2D eigenvalue weighted by Crippen LogP contribution is 2.49. The molecule has 3 aliphatic carbocycles. The minimum atomic E-state index is -0.180. The first kappa shape index (κ1) is 19.3. The Morgan fingerprint density at radius 3 is 2.03 bits per heavy atom. The molecule has 8 atom stereocenters. The first-order valence-electron chi connectivity index (χ1n) is 11.7. The first-order chi connectivity index (χ1) is 13.9. The molecule has 0 spiro atoms. The second kappa shape index (κ2) is 7.21. The van der Waals surface area contributed by atoms with E-state index in [1.165, 1.54) is 6.42 Å². The van der Waals surface area contributed by atoms with Gasteiger partial charge in [0.2, 0.25) is 23.6 Å². The van der Waals surface area contributed by atoms with Gasteiger partial charge >= 0.3 is 0 Å². The largest absolute Gasteiger partial charge is 0.296 e. The predicted molar refractivity (Wildman–Crippen MR) is 105 cm³/mol. The topological polar surface area (TPSA) is 83.6 Å². The molecule has 2 saturated heterocycles. The van der Waals surface area contributed by atoms with Crippen LogP contribution in [-0.2, 0) is 19.2 Å². The summed E-state index contributed by atoms with van der Waals surface area (Å²) in [6, 6.07) is 0.103. The molecule has 0 aromatic rings. The van der Waals surface area contributed by atoms with Crippen LogP contribution in [0.5, 0.6) is 0 Å². The molecule has 4 amide bonds. The summed E-state index contributed by atoms with van der Waals surface area (Å²) in [5.41, 5.74) is 0. The highest BCUT2D eigenvalue weighted by atomic mass is 16.2. The number of nitrogens with one attached hydrogen (secondary N) is 1. The molecule has 2 aliphatic heterocycles. The number of rotatable bonds is 2. The fourth-order valence-corrected chi connectivity index (χ4v) is 7.20. The van der Waals surface area contributed by atoms with Gasteiger partial charge in [-0.1, -0.05) is 19.8 Å². The molecule has 158 valence electrons. The molecule has 5 fully saturated rings. The van der Waals surface area contributed by atoms with E-state index in [0.29, 0.717) is 17.8 Å². The van der Waals surface area contributed by atoms with Crippen LogP contribution in [0.1, 0.15) is 71.1 Å². The number of imide groups is 2. The maximum Gasteiger partial charge on any atom is 0.233 e. The number of hydrogen-bond donors (Lipinski definition) is 1. The van der Waals surface area contributed by atoms with E-state index < -0.39 is 0 Å². The Bertz CT molecular complexity index is 749. The average Bonchev–Trinajstić information content (AvgIpc) is 3.14. The molecule has 0 aromatic carbocycles. The van der Waals surface area contributed by atoms with Crippen LogP contribution in [0.2, 0.25) is 0 Å². The van der Waals surface area contributed by atoms with Gasteiger partial charge < -0.3 is 0 Å². The van der Waals surface area contributed by atoms with E-state index >= 15 is 0 Å². The quantitative estimate of drug-likeness (QED) is 0.723. The fraction of sp³-hybridized carbons (Fsp3) is 0.826. The van der Waals surface area contributed by atoms with Crippen molar-refractivity contribution in [1.29, 1.82) is 0 Å². The standard InChI is InChI=1S/C23H32N2O4/c1-12-3-2-4-15(9-12)25-22(28)17-8-6-14(11-19(17)23(25)29)13-5-7-16-18(10-13)21(27)24-20(16)26/h12-19H,2-11H2,1H3,(H,24,26,27). The van der Waals surface area contributed by atoms with Crippen molar-refractivity contribution in [2.24, 2.45) is 41.4 Å². The van der Waals surface area contributed by atoms with Gasteiger partial charge in [-0.3, -0.25) is 29.4 Å². The fourth-order valence-electron chi connectivity index (χ4n) is 7.20. The summed E-state index contributed by atoms with van der Waals surface area (Å²) in [7, 11) is 0. The summed E-state index contributed by atoms with van der Waals surface area (Å²) in [6.45, 7) is 2.22. The number of fused-ring (bicyclic) bond motifs is 2. The lowest BCUT2D eigenvalue weighted by molar-refractivity contribution is -0.143. The molecule has 6 heteroatoms. The molecule has 3 saturated carbocycles. The van der Waals surface area contributed by atoms with Gasteiger partial charge in [-0.2, -0.15) is 0 Å². The van der Waals surface area contributed by atoms with Crippen LogP contribution in [0.15, 0.2) is 0 Å². The molecule has 5 aliphatic rings. The monoisotopic (exact) mass is 400 g/mol. The van der Waals surface area contributed by atoms with Crippen LogP contribution in [-0.4, -0.2) is 34.6 Å². The van der Waals surface area contributed by atoms with Crippen LogP contribution in [0, 0.1) is 41.4 Å². The van der Waals surface area contributed by atoms with E-state index in [1.807, 2.05) is 0 Å². The lowest BCUT2D eigenvalue weighted by Crippen LogP contribution is -2.43. The van der Waals surface area contributed by atoms with Crippen LogP contribution in [0.25, 0.3) is 0 Å². The third-order valence-corrected chi connectivity index (χ3v) is 8.75.